The summed E-state index contributed by atoms with van der Waals surface area (Å²) in [5, 5.41) is 7.92. The van der Waals surface area contributed by atoms with Gasteiger partial charge in [0.15, 0.2) is 0 Å². The lowest BCUT2D eigenvalue weighted by atomic mass is 9.99. The Morgan fingerprint density at radius 2 is 1.06 bits per heavy atom. The fraction of sp³-hybridized carbons (Fsp3) is 0.0625. The number of anilines is 1. The average molecular weight is 458 g/mol. The third-order valence-corrected chi connectivity index (χ3v) is 8.54. The van der Waals surface area contributed by atoms with E-state index in [0.717, 1.165) is 6.54 Å². The maximum absolute atomic E-state index is 3.86. The highest BCUT2D eigenvalue weighted by Crippen LogP contribution is 2.40. The zero-order valence-corrected chi connectivity index (χ0v) is 20.3. The monoisotopic (exact) mass is 457 g/mol. The van der Waals surface area contributed by atoms with E-state index in [-0.39, 0.29) is 0 Å². The molecule has 0 radical (unpaired) electrons. The fourth-order valence-electron chi connectivity index (χ4n) is 4.38. The van der Waals surface area contributed by atoms with Gasteiger partial charge in [-0.25, -0.2) is 0 Å². The van der Waals surface area contributed by atoms with Gasteiger partial charge < -0.3 is 5.32 Å². The van der Waals surface area contributed by atoms with Crippen molar-refractivity contribution in [3.63, 3.8) is 0 Å². The minimum absolute atomic E-state index is 0.726. The van der Waals surface area contributed by atoms with Gasteiger partial charge in [0, 0.05) is 17.4 Å². The van der Waals surface area contributed by atoms with E-state index in [1.807, 2.05) is 0 Å². The Hall–Kier alpha value is -3.67. The van der Waals surface area contributed by atoms with Crippen molar-refractivity contribution in [1.82, 2.24) is 0 Å². The molecule has 0 aromatic heterocycles. The molecule has 0 unspecified atom stereocenters. The number of aryl methyl sites for hydroxylation is 1. The van der Waals surface area contributed by atoms with Gasteiger partial charge in [0.1, 0.15) is 0 Å². The highest BCUT2D eigenvalue weighted by atomic mass is 31.1. The van der Waals surface area contributed by atoms with Crippen molar-refractivity contribution >= 4 is 29.5 Å². The molecule has 5 rings (SSSR count). The third kappa shape index (κ3) is 4.81. The molecule has 5 aromatic carbocycles. The highest BCUT2D eigenvalue weighted by Gasteiger charge is 2.22. The Kier molecular flexibility index (Phi) is 6.84. The predicted molar refractivity (Wildman–Crippen MR) is 149 cm³/mol. The smallest absolute Gasteiger partial charge is 0.0507 e. The molecule has 0 aliphatic rings. The first kappa shape index (κ1) is 22.1. The Labute approximate surface area is 203 Å². The summed E-state index contributed by atoms with van der Waals surface area (Å²) >= 11 is 0. The van der Waals surface area contributed by atoms with Crippen molar-refractivity contribution in [2.45, 2.75) is 13.5 Å². The van der Waals surface area contributed by atoms with Crippen molar-refractivity contribution in [1.29, 1.82) is 0 Å². The Morgan fingerprint density at radius 3 is 1.68 bits per heavy atom. The molecule has 5 aromatic rings. The number of hydrogen-bond donors (Lipinski definition) is 1. The maximum Gasteiger partial charge on any atom is 0.0507 e. The van der Waals surface area contributed by atoms with Gasteiger partial charge in [0.05, 0.1) is 5.69 Å². The standard InChI is InChI=1S/C32H28NP/c1-25-14-11-12-21-29(25)30-22-13-23-31(32(30)33-24-26-15-5-2-6-16-26)34(27-17-7-3-8-18-27)28-19-9-4-10-20-28/h2-23,33H,24H2,1H3. The minimum atomic E-state index is -0.726. The van der Waals surface area contributed by atoms with Crippen LogP contribution >= 0.6 is 7.92 Å². The molecule has 0 fully saturated rings. The molecule has 2 heteroatoms. The predicted octanol–water partition coefficient (Wildman–Crippen LogP) is 7.03. The van der Waals surface area contributed by atoms with E-state index in [0.29, 0.717) is 0 Å². The van der Waals surface area contributed by atoms with E-state index in [1.54, 1.807) is 0 Å². The van der Waals surface area contributed by atoms with E-state index in [1.165, 1.54) is 43.9 Å². The molecule has 1 nitrogen and oxygen atoms in total. The summed E-state index contributed by atoms with van der Waals surface area (Å²) in [6, 6.07) is 47.9. The molecule has 0 aliphatic heterocycles. The number of rotatable bonds is 7. The molecule has 0 saturated carbocycles. The molecule has 0 aliphatic carbocycles. The van der Waals surface area contributed by atoms with Gasteiger partial charge in [-0.2, -0.15) is 0 Å². The summed E-state index contributed by atoms with van der Waals surface area (Å²) in [4.78, 5) is 0. The van der Waals surface area contributed by atoms with Gasteiger partial charge in [-0.1, -0.05) is 133 Å². The summed E-state index contributed by atoms with van der Waals surface area (Å²) in [5.41, 5.74) is 6.31. The molecule has 1 N–H and O–H groups in total. The van der Waals surface area contributed by atoms with Gasteiger partial charge >= 0.3 is 0 Å². The fourth-order valence-corrected chi connectivity index (χ4v) is 6.83. The van der Waals surface area contributed by atoms with Crippen LogP contribution in [0.15, 0.2) is 133 Å². The first-order valence-electron chi connectivity index (χ1n) is 11.7. The quantitative estimate of drug-likeness (QED) is 0.259. The lowest BCUT2D eigenvalue weighted by molar-refractivity contribution is 1.15. The Bertz CT molecular complexity index is 1310. The van der Waals surface area contributed by atoms with Crippen LogP contribution in [0.3, 0.4) is 0 Å². The van der Waals surface area contributed by atoms with E-state index in [4.69, 9.17) is 0 Å². The van der Waals surface area contributed by atoms with Crippen molar-refractivity contribution in [2.24, 2.45) is 0 Å². The zero-order chi connectivity index (χ0) is 23.2. The SMILES string of the molecule is Cc1ccccc1-c1cccc(P(c2ccccc2)c2ccccc2)c1NCc1ccccc1. The maximum atomic E-state index is 3.86. The van der Waals surface area contributed by atoms with Gasteiger partial charge in [-0.3, -0.25) is 0 Å². The summed E-state index contributed by atoms with van der Waals surface area (Å²) in [5.74, 6) is 0. The van der Waals surface area contributed by atoms with E-state index < -0.39 is 7.92 Å². The second-order valence-corrected chi connectivity index (χ2v) is 10.5. The summed E-state index contributed by atoms with van der Waals surface area (Å²) < 4.78 is 0. The van der Waals surface area contributed by atoms with Crippen molar-refractivity contribution in [3.8, 4) is 11.1 Å². The van der Waals surface area contributed by atoms with Crippen LogP contribution in [-0.2, 0) is 6.54 Å². The molecular formula is C32H28NP. The van der Waals surface area contributed by atoms with Gasteiger partial charge in [0.2, 0.25) is 0 Å². The highest BCUT2D eigenvalue weighted by molar-refractivity contribution is 7.80. The third-order valence-electron chi connectivity index (χ3n) is 6.06. The van der Waals surface area contributed by atoms with Crippen LogP contribution in [0.5, 0.6) is 0 Å². The second kappa shape index (κ2) is 10.5. The molecular weight excluding hydrogens is 429 g/mol. The van der Waals surface area contributed by atoms with Crippen LogP contribution in [0.25, 0.3) is 11.1 Å². The number of benzene rings is 5. The number of para-hydroxylation sites is 1. The number of nitrogens with one attached hydrogen (secondary N) is 1. The largest absolute Gasteiger partial charge is 0.380 e. The molecule has 0 bridgehead atoms. The van der Waals surface area contributed by atoms with Crippen LogP contribution in [-0.4, -0.2) is 0 Å². The molecule has 0 heterocycles. The molecule has 34 heavy (non-hydrogen) atoms. The molecule has 0 atom stereocenters. The first-order valence-corrected chi connectivity index (χ1v) is 13.0. The molecule has 0 amide bonds. The van der Waals surface area contributed by atoms with E-state index >= 15 is 0 Å². The molecule has 0 spiro atoms. The van der Waals surface area contributed by atoms with Crippen LogP contribution in [0.2, 0.25) is 0 Å². The Balaban J connectivity index is 1.70. The van der Waals surface area contributed by atoms with Crippen LogP contribution in [0, 0.1) is 6.92 Å². The summed E-state index contributed by atoms with van der Waals surface area (Å²) in [7, 11) is -0.726. The van der Waals surface area contributed by atoms with Crippen LogP contribution in [0.1, 0.15) is 11.1 Å². The van der Waals surface area contributed by atoms with Gasteiger partial charge in [-0.05, 0) is 42.1 Å². The number of hydrogen-bond acceptors (Lipinski definition) is 1. The lowest BCUT2D eigenvalue weighted by Crippen LogP contribution is -2.23. The molecule has 166 valence electrons. The second-order valence-electron chi connectivity index (χ2n) is 8.36. The van der Waals surface area contributed by atoms with Crippen molar-refractivity contribution in [3.05, 3.63) is 145 Å². The van der Waals surface area contributed by atoms with Crippen molar-refractivity contribution in [2.75, 3.05) is 5.32 Å². The Morgan fingerprint density at radius 1 is 0.529 bits per heavy atom. The summed E-state index contributed by atoms with van der Waals surface area (Å²) in [6.45, 7) is 2.98. The van der Waals surface area contributed by atoms with Gasteiger partial charge in [-0.15, -0.1) is 0 Å². The van der Waals surface area contributed by atoms with Crippen LogP contribution in [0.4, 0.5) is 5.69 Å². The lowest BCUT2D eigenvalue weighted by Gasteiger charge is -2.25. The topological polar surface area (TPSA) is 12.0 Å². The van der Waals surface area contributed by atoms with Crippen LogP contribution < -0.4 is 21.2 Å². The normalized spacial score (nSPS) is 10.9. The minimum Gasteiger partial charge on any atom is -0.380 e. The van der Waals surface area contributed by atoms with Crippen molar-refractivity contribution < 1.29 is 0 Å². The summed E-state index contributed by atoms with van der Waals surface area (Å²) in [6.07, 6.45) is 0. The van der Waals surface area contributed by atoms with E-state index in [2.05, 4.69) is 146 Å². The zero-order valence-electron chi connectivity index (χ0n) is 19.4. The van der Waals surface area contributed by atoms with E-state index in [9.17, 15) is 0 Å². The van der Waals surface area contributed by atoms with Gasteiger partial charge in [0.25, 0.3) is 0 Å². The average Bonchev–Trinajstić information content (AvgIpc) is 2.90. The first-order chi connectivity index (χ1) is 16.8. The molecule has 0 saturated heterocycles.